The van der Waals surface area contributed by atoms with Crippen LogP contribution in [0.25, 0.3) is 0 Å². The van der Waals surface area contributed by atoms with Crippen molar-refractivity contribution in [3.63, 3.8) is 0 Å². The van der Waals surface area contributed by atoms with Crippen LogP contribution in [0.2, 0.25) is 0 Å². The number of hydrogen-bond donors (Lipinski definition) is 1. The minimum absolute atomic E-state index is 0.0452. The summed E-state index contributed by atoms with van der Waals surface area (Å²) in [5.41, 5.74) is 1.03. The minimum atomic E-state index is -0.385. The predicted molar refractivity (Wildman–Crippen MR) is 99.1 cm³/mol. The number of carbonyl (C=O) groups excluding carboxylic acids is 2. The highest BCUT2D eigenvalue weighted by Crippen LogP contribution is 2.25. The van der Waals surface area contributed by atoms with E-state index in [-0.39, 0.29) is 23.9 Å². The third-order valence-corrected chi connectivity index (χ3v) is 5.86. The highest BCUT2D eigenvalue weighted by atomic mass is 79.9. The second kappa shape index (κ2) is 7.49. The lowest BCUT2D eigenvalue weighted by atomic mass is 10.1. The number of nitrogens with one attached hydrogen (secondary N) is 1. The van der Waals surface area contributed by atoms with Crippen molar-refractivity contribution in [1.82, 2.24) is 10.2 Å². The van der Waals surface area contributed by atoms with Crippen molar-refractivity contribution >= 4 is 39.1 Å². The first-order chi connectivity index (χ1) is 11.6. The van der Waals surface area contributed by atoms with E-state index >= 15 is 0 Å². The van der Waals surface area contributed by atoms with E-state index in [0.29, 0.717) is 17.8 Å². The van der Waals surface area contributed by atoms with Gasteiger partial charge in [0.15, 0.2) is 0 Å². The molecular weight excluding hydrogens is 388 g/mol. The number of likely N-dealkylation sites (tertiary alicyclic amines) is 1. The normalized spacial score (nSPS) is 18.4. The SMILES string of the molecule is C[C@@H](NC(=O)[C@@H]1CCCN1C(=O)c1cccs1)c1ccccc1Br. The van der Waals surface area contributed by atoms with Crippen LogP contribution in [0.4, 0.5) is 0 Å². The van der Waals surface area contributed by atoms with Crippen LogP contribution in [0.15, 0.2) is 46.3 Å². The van der Waals surface area contributed by atoms with Crippen LogP contribution >= 0.6 is 27.3 Å². The Kier molecular flexibility index (Phi) is 5.36. The Morgan fingerprint density at radius 2 is 2.08 bits per heavy atom. The van der Waals surface area contributed by atoms with Crippen LogP contribution in [0, 0.1) is 0 Å². The fourth-order valence-corrected chi connectivity index (χ4v) is 4.34. The number of carbonyl (C=O) groups is 2. The van der Waals surface area contributed by atoms with E-state index in [1.807, 2.05) is 48.7 Å². The molecule has 24 heavy (non-hydrogen) atoms. The molecular formula is C18H19BrN2O2S. The van der Waals surface area contributed by atoms with Gasteiger partial charge in [0, 0.05) is 11.0 Å². The zero-order valence-corrected chi connectivity index (χ0v) is 15.8. The molecule has 2 heterocycles. The lowest BCUT2D eigenvalue weighted by molar-refractivity contribution is -0.125. The van der Waals surface area contributed by atoms with Crippen molar-refractivity contribution in [1.29, 1.82) is 0 Å². The van der Waals surface area contributed by atoms with Crippen molar-refractivity contribution in [2.45, 2.75) is 31.8 Å². The molecule has 1 aromatic carbocycles. The predicted octanol–water partition coefficient (Wildman–Crippen LogP) is 3.99. The molecule has 0 bridgehead atoms. The lowest BCUT2D eigenvalue weighted by Gasteiger charge is -2.25. The second-order valence-corrected chi connectivity index (χ2v) is 7.69. The van der Waals surface area contributed by atoms with Crippen LogP contribution in [-0.4, -0.2) is 29.3 Å². The van der Waals surface area contributed by atoms with Gasteiger partial charge in [-0.2, -0.15) is 0 Å². The topological polar surface area (TPSA) is 49.4 Å². The summed E-state index contributed by atoms with van der Waals surface area (Å²) in [5, 5.41) is 4.93. The van der Waals surface area contributed by atoms with Gasteiger partial charge in [-0.15, -0.1) is 11.3 Å². The smallest absolute Gasteiger partial charge is 0.264 e. The first-order valence-electron chi connectivity index (χ1n) is 7.97. The Hall–Kier alpha value is -1.66. The maximum atomic E-state index is 12.7. The van der Waals surface area contributed by atoms with Crippen LogP contribution in [0.5, 0.6) is 0 Å². The summed E-state index contributed by atoms with van der Waals surface area (Å²) in [6.45, 7) is 2.59. The molecule has 0 spiro atoms. The number of nitrogens with zero attached hydrogens (tertiary/aromatic N) is 1. The van der Waals surface area contributed by atoms with Crippen LogP contribution in [-0.2, 0) is 4.79 Å². The molecule has 2 amide bonds. The molecule has 3 rings (SSSR count). The van der Waals surface area contributed by atoms with Gasteiger partial charge in [0.05, 0.1) is 10.9 Å². The first kappa shape index (κ1) is 17.2. The molecule has 0 unspecified atom stereocenters. The molecule has 0 aliphatic carbocycles. The molecule has 1 aromatic heterocycles. The van der Waals surface area contributed by atoms with Gasteiger partial charge >= 0.3 is 0 Å². The van der Waals surface area contributed by atoms with Crippen molar-refractivity contribution in [3.8, 4) is 0 Å². The van der Waals surface area contributed by atoms with Crippen LogP contribution < -0.4 is 5.32 Å². The molecule has 1 fully saturated rings. The van der Waals surface area contributed by atoms with Gasteiger partial charge in [-0.05, 0) is 42.8 Å². The Morgan fingerprint density at radius 3 is 2.79 bits per heavy atom. The fraction of sp³-hybridized carbons (Fsp3) is 0.333. The standard InChI is InChI=1S/C18H19BrN2O2S/c1-12(13-6-2-3-7-14(13)19)20-17(22)15-8-4-10-21(15)18(23)16-9-5-11-24-16/h2-3,5-7,9,11-12,15H,4,8,10H2,1H3,(H,20,22)/t12-,15+/m1/s1. The third kappa shape index (κ3) is 3.54. The van der Waals surface area contributed by atoms with Gasteiger partial charge in [0.25, 0.3) is 5.91 Å². The number of benzene rings is 1. The Labute approximate surface area is 154 Å². The van der Waals surface area contributed by atoms with E-state index in [1.54, 1.807) is 4.90 Å². The first-order valence-corrected chi connectivity index (χ1v) is 9.64. The summed E-state index contributed by atoms with van der Waals surface area (Å²) in [6.07, 6.45) is 1.57. The molecule has 1 aliphatic heterocycles. The van der Waals surface area contributed by atoms with E-state index in [0.717, 1.165) is 16.5 Å². The third-order valence-electron chi connectivity index (χ3n) is 4.28. The maximum Gasteiger partial charge on any atom is 0.264 e. The summed E-state index contributed by atoms with van der Waals surface area (Å²) in [6, 6.07) is 11.0. The highest BCUT2D eigenvalue weighted by Gasteiger charge is 2.35. The Bertz CT molecular complexity index is 732. The van der Waals surface area contributed by atoms with Gasteiger partial charge in [0.1, 0.15) is 6.04 Å². The van der Waals surface area contributed by atoms with Gasteiger partial charge in [0.2, 0.25) is 5.91 Å². The minimum Gasteiger partial charge on any atom is -0.348 e. The largest absolute Gasteiger partial charge is 0.348 e. The van der Waals surface area contributed by atoms with Gasteiger partial charge in [-0.3, -0.25) is 9.59 Å². The molecule has 1 saturated heterocycles. The van der Waals surface area contributed by atoms with Crippen molar-refractivity contribution < 1.29 is 9.59 Å². The molecule has 2 aromatic rings. The van der Waals surface area contributed by atoms with E-state index in [1.165, 1.54) is 11.3 Å². The molecule has 0 radical (unpaired) electrons. The zero-order chi connectivity index (χ0) is 17.1. The number of amides is 2. The van der Waals surface area contributed by atoms with Crippen molar-refractivity contribution in [2.75, 3.05) is 6.54 Å². The van der Waals surface area contributed by atoms with Crippen LogP contribution in [0.1, 0.15) is 41.0 Å². The van der Waals surface area contributed by atoms with E-state index < -0.39 is 0 Å². The quantitative estimate of drug-likeness (QED) is 0.833. The van der Waals surface area contributed by atoms with Gasteiger partial charge < -0.3 is 10.2 Å². The van der Waals surface area contributed by atoms with E-state index in [2.05, 4.69) is 21.2 Å². The molecule has 1 N–H and O–H groups in total. The highest BCUT2D eigenvalue weighted by molar-refractivity contribution is 9.10. The average Bonchev–Trinajstić information content (AvgIpc) is 3.26. The maximum absolute atomic E-state index is 12.7. The van der Waals surface area contributed by atoms with E-state index in [4.69, 9.17) is 0 Å². The zero-order valence-electron chi connectivity index (χ0n) is 13.4. The monoisotopic (exact) mass is 406 g/mol. The second-order valence-electron chi connectivity index (χ2n) is 5.89. The molecule has 0 saturated carbocycles. The molecule has 1 aliphatic rings. The fourth-order valence-electron chi connectivity index (χ4n) is 3.04. The van der Waals surface area contributed by atoms with Gasteiger partial charge in [-0.1, -0.05) is 40.2 Å². The summed E-state index contributed by atoms with van der Waals surface area (Å²) in [7, 11) is 0. The Balaban J connectivity index is 1.70. The summed E-state index contributed by atoms with van der Waals surface area (Å²) in [4.78, 5) is 27.7. The summed E-state index contributed by atoms with van der Waals surface area (Å²) < 4.78 is 0.968. The number of thiophene rings is 1. The van der Waals surface area contributed by atoms with Crippen molar-refractivity contribution in [2.24, 2.45) is 0 Å². The average molecular weight is 407 g/mol. The van der Waals surface area contributed by atoms with E-state index in [9.17, 15) is 9.59 Å². The molecule has 4 nitrogen and oxygen atoms in total. The lowest BCUT2D eigenvalue weighted by Crippen LogP contribution is -2.46. The van der Waals surface area contributed by atoms with Crippen LogP contribution in [0.3, 0.4) is 0 Å². The van der Waals surface area contributed by atoms with Crippen molar-refractivity contribution in [3.05, 3.63) is 56.7 Å². The van der Waals surface area contributed by atoms with Gasteiger partial charge in [-0.25, -0.2) is 0 Å². The summed E-state index contributed by atoms with van der Waals surface area (Å²) in [5.74, 6) is -0.128. The summed E-state index contributed by atoms with van der Waals surface area (Å²) >= 11 is 4.93. The molecule has 6 heteroatoms. The number of hydrogen-bond acceptors (Lipinski definition) is 3. The molecule has 126 valence electrons. The number of rotatable bonds is 4. The Morgan fingerprint density at radius 1 is 1.29 bits per heavy atom. The number of halogens is 1. The molecule has 2 atom stereocenters.